The lowest BCUT2D eigenvalue weighted by molar-refractivity contribution is 0.0955. The van der Waals surface area contributed by atoms with E-state index in [4.69, 9.17) is 9.47 Å². The Balaban J connectivity index is 2.00. The lowest BCUT2D eigenvalue weighted by Crippen LogP contribution is -2.17. The van der Waals surface area contributed by atoms with Gasteiger partial charge in [-0.1, -0.05) is 13.8 Å². The molecule has 0 fully saturated rings. The minimum atomic E-state index is -0.316. The summed E-state index contributed by atoms with van der Waals surface area (Å²) in [7, 11) is 1.59. The molecule has 2 rings (SSSR count). The van der Waals surface area contributed by atoms with Gasteiger partial charge in [-0.05, 0) is 41.8 Å². The van der Waals surface area contributed by atoms with Gasteiger partial charge >= 0.3 is 0 Å². The molecule has 126 valence electrons. The quantitative estimate of drug-likeness (QED) is 0.627. The molecule has 1 aromatic carbocycles. The van der Waals surface area contributed by atoms with Crippen molar-refractivity contribution >= 4 is 12.1 Å². The van der Waals surface area contributed by atoms with Gasteiger partial charge < -0.3 is 9.47 Å². The fraction of sp³-hybridized carbons (Fsp3) is 0.278. The van der Waals surface area contributed by atoms with Gasteiger partial charge in [0.1, 0.15) is 0 Å². The molecule has 0 atom stereocenters. The van der Waals surface area contributed by atoms with Gasteiger partial charge in [0.15, 0.2) is 11.5 Å². The molecule has 0 aliphatic carbocycles. The highest BCUT2D eigenvalue weighted by molar-refractivity contribution is 5.94. The van der Waals surface area contributed by atoms with Gasteiger partial charge in [0.25, 0.3) is 5.91 Å². The van der Waals surface area contributed by atoms with Crippen LogP contribution in [0.5, 0.6) is 11.5 Å². The van der Waals surface area contributed by atoms with Gasteiger partial charge in [-0.15, -0.1) is 0 Å². The molecule has 0 aliphatic heterocycles. The summed E-state index contributed by atoms with van der Waals surface area (Å²) in [6.45, 7) is 4.78. The smallest absolute Gasteiger partial charge is 0.272 e. The second kappa shape index (κ2) is 8.67. The van der Waals surface area contributed by atoms with Crippen molar-refractivity contribution in [3.05, 3.63) is 53.9 Å². The van der Waals surface area contributed by atoms with E-state index in [0.717, 1.165) is 5.56 Å². The molecule has 6 heteroatoms. The molecule has 0 saturated heterocycles. The maximum absolute atomic E-state index is 11.9. The number of carbonyl (C=O) groups excluding carboxylic acids is 1. The molecule has 1 amide bonds. The molecule has 2 aromatic rings. The zero-order valence-electron chi connectivity index (χ0n) is 14.0. The Morgan fingerprint density at radius 3 is 2.83 bits per heavy atom. The molecule has 24 heavy (non-hydrogen) atoms. The number of benzene rings is 1. The van der Waals surface area contributed by atoms with Crippen LogP contribution in [0.2, 0.25) is 0 Å². The number of nitrogens with one attached hydrogen (secondary N) is 1. The first-order valence-corrected chi connectivity index (χ1v) is 7.64. The Morgan fingerprint density at radius 2 is 2.17 bits per heavy atom. The first kappa shape index (κ1) is 17.5. The van der Waals surface area contributed by atoms with Gasteiger partial charge in [0.05, 0.1) is 25.5 Å². The Labute approximate surface area is 141 Å². The summed E-state index contributed by atoms with van der Waals surface area (Å²) in [5.74, 6) is 1.42. The number of hydrazone groups is 1. The van der Waals surface area contributed by atoms with Crippen LogP contribution >= 0.6 is 0 Å². The standard InChI is InChI=1S/C18H21N3O3/c1-13(2)12-24-16-7-6-14(9-17(16)23-3)10-20-21-18(22)15-5-4-8-19-11-15/h4-11,13H,12H2,1-3H3,(H,21,22). The monoisotopic (exact) mass is 327 g/mol. The first-order valence-electron chi connectivity index (χ1n) is 7.64. The van der Waals surface area contributed by atoms with Crippen LogP contribution in [0.4, 0.5) is 0 Å². The summed E-state index contributed by atoms with van der Waals surface area (Å²) < 4.78 is 11.0. The number of rotatable bonds is 7. The van der Waals surface area contributed by atoms with E-state index in [2.05, 4.69) is 29.4 Å². The SMILES string of the molecule is COc1cc(C=NNC(=O)c2cccnc2)ccc1OCC(C)C. The molecular weight excluding hydrogens is 306 g/mol. The van der Waals surface area contributed by atoms with Crippen LogP contribution in [0.1, 0.15) is 29.8 Å². The average molecular weight is 327 g/mol. The fourth-order valence-electron chi connectivity index (χ4n) is 1.87. The van der Waals surface area contributed by atoms with Gasteiger partial charge in [-0.25, -0.2) is 5.43 Å². The number of nitrogens with zero attached hydrogens (tertiary/aromatic N) is 2. The summed E-state index contributed by atoms with van der Waals surface area (Å²) >= 11 is 0. The molecule has 0 aliphatic rings. The van der Waals surface area contributed by atoms with E-state index in [9.17, 15) is 4.79 Å². The lowest BCUT2D eigenvalue weighted by Gasteiger charge is -2.12. The topological polar surface area (TPSA) is 72.8 Å². The van der Waals surface area contributed by atoms with E-state index in [-0.39, 0.29) is 5.91 Å². The van der Waals surface area contributed by atoms with Crippen LogP contribution in [0, 0.1) is 5.92 Å². The number of amides is 1. The number of methoxy groups -OCH3 is 1. The van der Waals surface area contributed by atoms with Gasteiger partial charge in [0, 0.05) is 12.4 Å². The van der Waals surface area contributed by atoms with Crippen molar-refractivity contribution in [1.29, 1.82) is 0 Å². The number of carbonyl (C=O) groups is 1. The Hall–Kier alpha value is -2.89. The molecule has 0 bridgehead atoms. The lowest BCUT2D eigenvalue weighted by atomic mass is 10.2. The Bertz CT molecular complexity index is 700. The van der Waals surface area contributed by atoms with Crippen molar-refractivity contribution in [2.75, 3.05) is 13.7 Å². The second-order valence-electron chi connectivity index (χ2n) is 5.56. The minimum Gasteiger partial charge on any atom is -0.493 e. The number of aromatic nitrogens is 1. The van der Waals surface area contributed by atoms with Crippen molar-refractivity contribution in [3.63, 3.8) is 0 Å². The predicted molar refractivity (Wildman–Crippen MR) is 92.6 cm³/mol. The van der Waals surface area contributed by atoms with Gasteiger partial charge in [0.2, 0.25) is 0 Å². The summed E-state index contributed by atoms with van der Waals surface area (Å²) in [5, 5.41) is 3.95. The normalized spacial score (nSPS) is 10.8. The largest absolute Gasteiger partial charge is 0.493 e. The highest BCUT2D eigenvalue weighted by Crippen LogP contribution is 2.27. The molecule has 1 aromatic heterocycles. The summed E-state index contributed by atoms with van der Waals surface area (Å²) in [4.78, 5) is 15.7. The van der Waals surface area contributed by atoms with E-state index in [1.165, 1.54) is 6.20 Å². The van der Waals surface area contributed by atoms with E-state index >= 15 is 0 Å². The molecule has 0 saturated carbocycles. The van der Waals surface area contributed by atoms with Crippen molar-refractivity contribution in [3.8, 4) is 11.5 Å². The van der Waals surface area contributed by atoms with Crippen LogP contribution < -0.4 is 14.9 Å². The van der Waals surface area contributed by atoms with Crippen LogP contribution in [0.15, 0.2) is 47.8 Å². The maximum Gasteiger partial charge on any atom is 0.272 e. The van der Waals surface area contributed by atoms with Crippen LogP contribution in [-0.4, -0.2) is 30.8 Å². The van der Waals surface area contributed by atoms with E-state index in [1.54, 1.807) is 37.7 Å². The van der Waals surface area contributed by atoms with Crippen molar-refractivity contribution in [2.45, 2.75) is 13.8 Å². The molecule has 6 nitrogen and oxygen atoms in total. The minimum absolute atomic E-state index is 0.316. The summed E-state index contributed by atoms with van der Waals surface area (Å²) in [6, 6.07) is 8.83. The summed E-state index contributed by atoms with van der Waals surface area (Å²) in [5.41, 5.74) is 3.69. The van der Waals surface area contributed by atoms with Gasteiger partial charge in [-0.3, -0.25) is 9.78 Å². The maximum atomic E-state index is 11.9. The number of hydrogen-bond acceptors (Lipinski definition) is 5. The van der Waals surface area contributed by atoms with E-state index in [0.29, 0.717) is 29.6 Å². The fourth-order valence-corrected chi connectivity index (χ4v) is 1.87. The van der Waals surface area contributed by atoms with Crippen molar-refractivity contribution in [2.24, 2.45) is 11.0 Å². The molecule has 1 N–H and O–H groups in total. The number of ether oxygens (including phenoxy) is 2. The van der Waals surface area contributed by atoms with Crippen LogP contribution in [-0.2, 0) is 0 Å². The molecular formula is C18H21N3O3. The highest BCUT2D eigenvalue weighted by atomic mass is 16.5. The zero-order valence-corrected chi connectivity index (χ0v) is 14.0. The van der Waals surface area contributed by atoms with Crippen LogP contribution in [0.25, 0.3) is 0 Å². The second-order valence-corrected chi connectivity index (χ2v) is 5.56. The van der Waals surface area contributed by atoms with Crippen molar-refractivity contribution < 1.29 is 14.3 Å². The van der Waals surface area contributed by atoms with Gasteiger partial charge in [-0.2, -0.15) is 5.10 Å². The van der Waals surface area contributed by atoms with E-state index in [1.807, 2.05) is 12.1 Å². The average Bonchev–Trinajstić information content (AvgIpc) is 2.61. The Kier molecular flexibility index (Phi) is 6.31. The van der Waals surface area contributed by atoms with E-state index < -0.39 is 0 Å². The molecule has 1 heterocycles. The molecule has 0 spiro atoms. The highest BCUT2D eigenvalue weighted by Gasteiger charge is 2.06. The third-order valence-corrected chi connectivity index (χ3v) is 3.06. The van der Waals surface area contributed by atoms with Crippen molar-refractivity contribution in [1.82, 2.24) is 10.4 Å². The Morgan fingerprint density at radius 1 is 1.33 bits per heavy atom. The number of hydrogen-bond donors (Lipinski definition) is 1. The number of pyridine rings is 1. The molecule has 0 unspecified atom stereocenters. The predicted octanol–water partition coefficient (Wildman–Crippen LogP) is 2.89. The molecule has 0 radical (unpaired) electrons. The summed E-state index contributed by atoms with van der Waals surface area (Å²) in [6.07, 6.45) is 4.63. The zero-order chi connectivity index (χ0) is 17.4. The first-order chi connectivity index (χ1) is 11.6. The van der Waals surface area contributed by atoms with Crippen LogP contribution in [0.3, 0.4) is 0 Å². The third kappa shape index (κ3) is 5.08. The third-order valence-electron chi connectivity index (χ3n) is 3.06.